The highest BCUT2D eigenvalue weighted by molar-refractivity contribution is 7.14. The van der Waals surface area contributed by atoms with Crippen LogP contribution in [-0.2, 0) is 4.74 Å². The van der Waals surface area contributed by atoms with E-state index < -0.39 is 5.97 Å². The lowest BCUT2D eigenvalue weighted by Gasteiger charge is -2.09. The van der Waals surface area contributed by atoms with Gasteiger partial charge in [-0.15, -0.1) is 22.7 Å². The number of carboxylic acids is 1. The van der Waals surface area contributed by atoms with Crippen molar-refractivity contribution in [1.82, 2.24) is 15.3 Å². The maximum absolute atomic E-state index is 12.4. The lowest BCUT2D eigenvalue weighted by Crippen LogP contribution is -2.25. The number of aryl methyl sites for hydroxylation is 1. The van der Waals surface area contributed by atoms with Gasteiger partial charge in [0.15, 0.2) is 0 Å². The number of aromatic carboxylic acids is 1. The number of hydrogen-bond donors (Lipinski definition) is 2. The van der Waals surface area contributed by atoms with Crippen molar-refractivity contribution in [2.24, 2.45) is 0 Å². The Bertz CT molecular complexity index is 765. The first-order valence-corrected chi connectivity index (χ1v) is 9.18. The molecule has 9 heteroatoms. The van der Waals surface area contributed by atoms with Crippen molar-refractivity contribution in [3.63, 3.8) is 0 Å². The van der Waals surface area contributed by atoms with Crippen LogP contribution in [-0.4, -0.2) is 33.6 Å². The monoisotopic (exact) mass is 367 g/mol. The molecular formula is C15H17N3O4S2. The minimum absolute atomic E-state index is 0.00582. The second-order valence-electron chi connectivity index (χ2n) is 5.53. The Morgan fingerprint density at radius 3 is 2.88 bits per heavy atom. The summed E-state index contributed by atoms with van der Waals surface area (Å²) in [6.07, 6.45) is 3.49. The van der Waals surface area contributed by atoms with Crippen LogP contribution in [0.25, 0.3) is 0 Å². The molecule has 2 unspecified atom stereocenters. The van der Waals surface area contributed by atoms with Gasteiger partial charge in [-0.3, -0.25) is 4.79 Å². The Morgan fingerprint density at radius 1 is 1.46 bits per heavy atom. The molecule has 1 fully saturated rings. The predicted molar refractivity (Wildman–Crippen MR) is 89.7 cm³/mol. The number of hydrogen-bond acceptors (Lipinski definition) is 7. The van der Waals surface area contributed by atoms with E-state index in [0.717, 1.165) is 35.8 Å². The van der Waals surface area contributed by atoms with Gasteiger partial charge >= 0.3 is 5.97 Å². The van der Waals surface area contributed by atoms with Crippen molar-refractivity contribution >= 4 is 34.6 Å². The Labute approximate surface area is 146 Å². The largest absolute Gasteiger partial charge is 0.477 e. The molecule has 7 nitrogen and oxygen atoms in total. The molecule has 0 spiro atoms. The molecule has 0 radical (unpaired) electrons. The molecule has 1 amide bonds. The molecular weight excluding hydrogens is 350 g/mol. The Kier molecular flexibility index (Phi) is 4.93. The Hall–Kier alpha value is -1.84. The molecule has 3 heterocycles. The molecule has 2 atom stereocenters. The standard InChI is InChI=1S/C15H17N3O4S2/c1-7-11(15(20)21)24-13(18-7)8(2)17-12(19)10-6-16-14(23-10)9-4-3-5-22-9/h6,8-9H,3-5H2,1-2H3,(H,17,19)(H,20,21). The zero-order valence-electron chi connectivity index (χ0n) is 13.2. The van der Waals surface area contributed by atoms with Crippen molar-refractivity contribution in [2.75, 3.05) is 6.61 Å². The number of nitrogens with zero attached hydrogens (tertiary/aromatic N) is 2. The second-order valence-corrected chi connectivity index (χ2v) is 7.62. The molecule has 1 saturated heterocycles. The zero-order chi connectivity index (χ0) is 17.3. The number of carbonyl (C=O) groups excluding carboxylic acids is 1. The van der Waals surface area contributed by atoms with Crippen LogP contribution in [0, 0.1) is 6.92 Å². The van der Waals surface area contributed by atoms with Gasteiger partial charge in [0.1, 0.15) is 25.9 Å². The van der Waals surface area contributed by atoms with Gasteiger partial charge in [-0.25, -0.2) is 14.8 Å². The lowest BCUT2D eigenvalue weighted by atomic mass is 10.2. The number of carboxylic acid groups (broad SMARTS) is 1. The summed E-state index contributed by atoms with van der Waals surface area (Å²) in [5.74, 6) is -1.24. The third-order valence-electron chi connectivity index (χ3n) is 3.68. The van der Waals surface area contributed by atoms with Gasteiger partial charge in [-0.1, -0.05) is 0 Å². The summed E-state index contributed by atoms with van der Waals surface area (Å²) < 4.78 is 5.57. The van der Waals surface area contributed by atoms with Crippen molar-refractivity contribution in [3.05, 3.63) is 31.7 Å². The zero-order valence-corrected chi connectivity index (χ0v) is 14.9. The van der Waals surface area contributed by atoms with E-state index in [1.54, 1.807) is 20.0 Å². The highest BCUT2D eigenvalue weighted by Crippen LogP contribution is 2.31. The van der Waals surface area contributed by atoms with Crippen LogP contribution < -0.4 is 5.32 Å². The highest BCUT2D eigenvalue weighted by atomic mass is 32.1. The number of ether oxygens (including phenoxy) is 1. The van der Waals surface area contributed by atoms with E-state index in [4.69, 9.17) is 9.84 Å². The van der Waals surface area contributed by atoms with Crippen molar-refractivity contribution in [3.8, 4) is 0 Å². The molecule has 0 aliphatic carbocycles. The number of carbonyl (C=O) groups is 2. The van der Waals surface area contributed by atoms with Crippen LogP contribution in [0.1, 0.15) is 67.0 Å². The number of nitrogens with one attached hydrogen (secondary N) is 1. The summed E-state index contributed by atoms with van der Waals surface area (Å²) in [5.41, 5.74) is 0.460. The molecule has 1 aliphatic rings. The fourth-order valence-corrected chi connectivity index (χ4v) is 4.26. The summed E-state index contributed by atoms with van der Waals surface area (Å²) in [4.78, 5) is 32.7. The van der Waals surface area contributed by atoms with Gasteiger partial charge in [0.2, 0.25) is 0 Å². The minimum Gasteiger partial charge on any atom is -0.477 e. The first-order valence-electron chi connectivity index (χ1n) is 7.54. The number of thiazole rings is 2. The van der Waals surface area contributed by atoms with E-state index in [9.17, 15) is 9.59 Å². The van der Waals surface area contributed by atoms with Crippen LogP contribution in [0.5, 0.6) is 0 Å². The van der Waals surface area contributed by atoms with Crippen LogP contribution in [0.2, 0.25) is 0 Å². The Morgan fingerprint density at radius 2 is 2.25 bits per heavy atom. The van der Waals surface area contributed by atoms with Gasteiger partial charge in [-0.2, -0.15) is 0 Å². The maximum Gasteiger partial charge on any atom is 0.347 e. The third kappa shape index (κ3) is 3.47. The van der Waals surface area contributed by atoms with E-state index >= 15 is 0 Å². The summed E-state index contributed by atoms with van der Waals surface area (Å²) in [5, 5.41) is 13.3. The van der Waals surface area contributed by atoms with E-state index in [-0.39, 0.29) is 22.9 Å². The third-order valence-corrected chi connectivity index (χ3v) is 6.09. The van der Waals surface area contributed by atoms with Gasteiger partial charge in [-0.05, 0) is 26.7 Å². The van der Waals surface area contributed by atoms with Crippen LogP contribution >= 0.6 is 22.7 Å². The average Bonchev–Trinajstić information content (AvgIpc) is 3.26. The van der Waals surface area contributed by atoms with Crippen LogP contribution in [0.4, 0.5) is 0 Å². The van der Waals surface area contributed by atoms with Crippen LogP contribution in [0.15, 0.2) is 6.20 Å². The summed E-state index contributed by atoms with van der Waals surface area (Å²) in [6.45, 7) is 4.16. The molecule has 2 aromatic heterocycles. The van der Waals surface area contributed by atoms with E-state index in [1.807, 2.05) is 0 Å². The minimum atomic E-state index is -1.00. The van der Waals surface area contributed by atoms with E-state index in [1.165, 1.54) is 11.3 Å². The van der Waals surface area contributed by atoms with E-state index in [0.29, 0.717) is 15.6 Å². The number of amides is 1. The normalized spacial score (nSPS) is 18.5. The average molecular weight is 367 g/mol. The smallest absolute Gasteiger partial charge is 0.347 e. The first kappa shape index (κ1) is 17.0. The Balaban J connectivity index is 1.67. The molecule has 3 rings (SSSR count). The molecule has 128 valence electrons. The highest BCUT2D eigenvalue weighted by Gasteiger charge is 2.24. The first-order chi connectivity index (χ1) is 11.5. The lowest BCUT2D eigenvalue weighted by molar-refractivity contribution is 0.0700. The van der Waals surface area contributed by atoms with Gasteiger partial charge in [0.05, 0.1) is 17.9 Å². The van der Waals surface area contributed by atoms with Gasteiger partial charge in [0, 0.05) is 6.61 Å². The summed E-state index contributed by atoms with van der Waals surface area (Å²) in [7, 11) is 0. The van der Waals surface area contributed by atoms with Crippen molar-refractivity contribution in [2.45, 2.75) is 38.8 Å². The molecule has 0 bridgehead atoms. The van der Waals surface area contributed by atoms with Gasteiger partial charge in [0.25, 0.3) is 5.91 Å². The predicted octanol–water partition coefficient (Wildman–Crippen LogP) is 2.95. The SMILES string of the molecule is Cc1nc(C(C)NC(=O)c2cnc(C3CCCO3)s2)sc1C(=O)O. The second kappa shape index (κ2) is 6.96. The number of aromatic nitrogens is 2. The topological polar surface area (TPSA) is 101 Å². The van der Waals surface area contributed by atoms with Crippen molar-refractivity contribution < 1.29 is 19.4 Å². The molecule has 1 aliphatic heterocycles. The van der Waals surface area contributed by atoms with Crippen LogP contribution in [0.3, 0.4) is 0 Å². The summed E-state index contributed by atoms with van der Waals surface area (Å²) in [6, 6.07) is -0.373. The fraction of sp³-hybridized carbons (Fsp3) is 0.467. The van der Waals surface area contributed by atoms with Crippen molar-refractivity contribution in [1.29, 1.82) is 0 Å². The summed E-state index contributed by atoms with van der Waals surface area (Å²) >= 11 is 2.41. The van der Waals surface area contributed by atoms with E-state index in [2.05, 4.69) is 15.3 Å². The quantitative estimate of drug-likeness (QED) is 0.842. The molecule has 2 N–H and O–H groups in total. The molecule has 0 aromatic carbocycles. The molecule has 24 heavy (non-hydrogen) atoms. The molecule has 2 aromatic rings. The maximum atomic E-state index is 12.4. The fourth-order valence-electron chi connectivity index (χ4n) is 2.44. The van der Waals surface area contributed by atoms with Gasteiger partial charge < -0.3 is 15.2 Å². The number of rotatable bonds is 5. The molecule has 0 saturated carbocycles.